The highest BCUT2D eigenvalue weighted by Crippen LogP contribution is 2.32. The number of carbonyl (C=O) groups excluding carboxylic acids is 2. The zero-order valence-electron chi connectivity index (χ0n) is 15.7. The molecule has 0 radical (unpaired) electrons. The van der Waals surface area contributed by atoms with Crippen molar-refractivity contribution in [2.75, 3.05) is 34.8 Å². The van der Waals surface area contributed by atoms with Gasteiger partial charge in [-0.25, -0.2) is 0 Å². The molecular formula is C19H22ClN5O2S. The highest BCUT2D eigenvalue weighted by molar-refractivity contribution is 7.19. The van der Waals surface area contributed by atoms with Crippen LogP contribution in [0.1, 0.15) is 31.2 Å². The molecule has 4 rings (SSSR count). The number of benzene rings is 1. The Morgan fingerprint density at radius 2 is 2.07 bits per heavy atom. The zero-order valence-corrected chi connectivity index (χ0v) is 17.2. The summed E-state index contributed by atoms with van der Waals surface area (Å²) in [4.78, 5) is 28.5. The summed E-state index contributed by atoms with van der Waals surface area (Å²) in [5.41, 5.74) is 1.62. The van der Waals surface area contributed by atoms with Crippen molar-refractivity contribution in [2.24, 2.45) is 5.92 Å². The van der Waals surface area contributed by atoms with Gasteiger partial charge in [0.1, 0.15) is 0 Å². The van der Waals surface area contributed by atoms with Crippen molar-refractivity contribution < 1.29 is 9.59 Å². The average Bonchev–Trinajstić information content (AvgIpc) is 3.34. The maximum atomic E-state index is 12.8. The molecule has 0 aliphatic carbocycles. The molecule has 0 saturated carbocycles. The Kier molecular flexibility index (Phi) is 5.50. The predicted molar refractivity (Wildman–Crippen MR) is 111 cm³/mol. The fourth-order valence-electron chi connectivity index (χ4n) is 3.64. The minimum absolute atomic E-state index is 0.00507. The van der Waals surface area contributed by atoms with E-state index in [1.807, 2.05) is 25.1 Å². The van der Waals surface area contributed by atoms with E-state index < -0.39 is 0 Å². The quantitative estimate of drug-likeness (QED) is 0.820. The van der Waals surface area contributed by atoms with Crippen LogP contribution >= 0.6 is 22.9 Å². The smallest absolute Gasteiger partial charge is 0.229 e. The first-order valence-corrected chi connectivity index (χ1v) is 10.7. The Morgan fingerprint density at radius 3 is 2.86 bits per heavy atom. The van der Waals surface area contributed by atoms with Crippen molar-refractivity contribution in [2.45, 2.75) is 32.6 Å². The van der Waals surface area contributed by atoms with Gasteiger partial charge < -0.3 is 10.2 Å². The molecular weight excluding hydrogens is 398 g/mol. The van der Waals surface area contributed by atoms with Crippen LogP contribution in [0.25, 0.3) is 0 Å². The summed E-state index contributed by atoms with van der Waals surface area (Å²) in [5, 5.41) is 13.5. The van der Waals surface area contributed by atoms with Crippen molar-refractivity contribution >= 4 is 50.7 Å². The molecule has 2 aromatic rings. The van der Waals surface area contributed by atoms with E-state index in [1.54, 1.807) is 4.90 Å². The minimum Gasteiger partial charge on any atom is -0.346 e. The molecule has 0 spiro atoms. The highest BCUT2D eigenvalue weighted by atomic mass is 35.5. The summed E-state index contributed by atoms with van der Waals surface area (Å²) in [6, 6.07) is 5.51. The average molecular weight is 420 g/mol. The van der Waals surface area contributed by atoms with Crippen LogP contribution in [0.4, 0.5) is 16.0 Å². The second-order valence-corrected chi connectivity index (χ2v) is 8.54. The van der Waals surface area contributed by atoms with Crippen LogP contribution in [-0.2, 0) is 9.59 Å². The van der Waals surface area contributed by atoms with Crippen molar-refractivity contribution in [1.29, 1.82) is 0 Å². The lowest BCUT2D eigenvalue weighted by molar-refractivity contribution is -0.120. The molecule has 2 fully saturated rings. The number of hydrogen-bond acceptors (Lipinski definition) is 6. The van der Waals surface area contributed by atoms with Crippen molar-refractivity contribution in [3.63, 3.8) is 0 Å². The summed E-state index contributed by atoms with van der Waals surface area (Å²) in [5.74, 6) is -0.0297. The number of rotatable bonds is 4. The van der Waals surface area contributed by atoms with Gasteiger partial charge in [-0.05, 0) is 43.9 Å². The van der Waals surface area contributed by atoms with Gasteiger partial charge in [0, 0.05) is 36.8 Å². The summed E-state index contributed by atoms with van der Waals surface area (Å²) in [6.45, 7) is 4.03. The van der Waals surface area contributed by atoms with Crippen LogP contribution < -0.4 is 15.1 Å². The van der Waals surface area contributed by atoms with Crippen LogP contribution in [0.5, 0.6) is 0 Å². The van der Waals surface area contributed by atoms with Crippen molar-refractivity contribution in [3.8, 4) is 0 Å². The lowest BCUT2D eigenvalue weighted by atomic mass is 9.97. The molecule has 1 aromatic carbocycles. The van der Waals surface area contributed by atoms with Gasteiger partial charge in [0.15, 0.2) is 0 Å². The first-order chi connectivity index (χ1) is 13.5. The molecule has 2 aliphatic heterocycles. The van der Waals surface area contributed by atoms with E-state index in [2.05, 4.69) is 20.4 Å². The van der Waals surface area contributed by atoms with Gasteiger partial charge in [-0.1, -0.05) is 29.0 Å². The normalized spacial score (nSPS) is 19.9. The number of anilines is 3. The second kappa shape index (κ2) is 8.05. The minimum atomic E-state index is -0.132. The van der Waals surface area contributed by atoms with E-state index in [4.69, 9.17) is 11.6 Å². The molecule has 2 amide bonds. The van der Waals surface area contributed by atoms with Crippen LogP contribution in [-0.4, -0.2) is 41.6 Å². The number of aromatic nitrogens is 2. The Balaban J connectivity index is 1.43. The fraction of sp³-hybridized carbons (Fsp3) is 0.474. The second-order valence-electron chi connectivity index (χ2n) is 7.20. The third kappa shape index (κ3) is 3.84. The van der Waals surface area contributed by atoms with Gasteiger partial charge in [-0.15, -0.1) is 10.2 Å². The maximum Gasteiger partial charge on any atom is 0.229 e. The van der Waals surface area contributed by atoms with Gasteiger partial charge in [-0.2, -0.15) is 0 Å². The van der Waals surface area contributed by atoms with Gasteiger partial charge in [-0.3, -0.25) is 14.5 Å². The summed E-state index contributed by atoms with van der Waals surface area (Å²) < 4.78 is 0. The van der Waals surface area contributed by atoms with E-state index in [1.165, 1.54) is 11.3 Å². The largest absolute Gasteiger partial charge is 0.346 e. The monoisotopic (exact) mass is 419 g/mol. The standard InChI is InChI=1S/C19H22ClN5O2S/c1-12-14(20)6-2-7-15(12)21-17(27)13-5-3-9-24(11-13)18-22-23-19(28-18)25-10-4-8-16(25)26/h2,6-7,13H,3-5,8-11H2,1H3,(H,21,27)/t13-/m1/s1. The van der Waals surface area contributed by atoms with Gasteiger partial charge >= 0.3 is 0 Å². The molecule has 1 N–H and O–H groups in total. The first-order valence-electron chi connectivity index (χ1n) is 9.47. The third-order valence-corrected chi connectivity index (χ3v) is 6.71. The van der Waals surface area contributed by atoms with Crippen LogP contribution in [0.3, 0.4) is 0 Å². The number of amides is 2. The van der Waals surface area contributed by atoms with E-state index in [9.17, 15) is 9.59 Å². The number of nitrogens with one attached hydrogen (secondary N) is 1. The zero-order chi connectivity index (χ0) is 19.7. The van der Waals surface area contributed by atoms with E-state index in [-0.39, 0.29) is 17.7 Å². The van der Waals surface area contributed by atoms with Crippen LogP contribution in [0.2, 0.25) is 5.02 Å². The molecule has 9 heteroatoms. The molecule has 2 saturated heterocycles. The molecule has 0 unspecified atom stereocenters. The SMILES string of the molecule is Cc1c(Cl)cccc1NC(=O)[C@@H]1CCCN(c2nnc(N3CCCC3=O)s2)C1. The molecule has 28 heavy (non-hydrogen) atoms. The van der Waals surface area contributed by atoms with E-state index in [0.29, 0.717) is 29.7 Å². The summed E-state index contributed by atoms with van der Waals surface area (Å²) in [6.07, 6.45) is 3.18. The molecule has 3 heterocycles. The number of halogens is 1. The number of hydrogen-bond donors (Lipinski definition) is 1. The van der Waals surface area contributed by atoms with Crippen LogP contribution in [0, 0.1) is 12.8 Å². The van der Waals surface area contributed by atoms with E-state index >= 15 is 0 Å². The fourth-order valence-corrected chi connectivity index (χ4v) is 4.74. The number of nitrogens with zero attached hydrogens (tertiary/aromatic N) is 4. The maximum absolute atomic E-state index is 12.8. The summed E-state index contributed by atoms with van der Waals surface area (Å²) >= 11 is 7.57. The lowest BCUT2D eigenvalue weighted by Gasteiger charge is -2.31. The Labute approximate surface area is 172 Å². The summed E-state index contributed by atoms with van der Waals surface area (Å²) in [7, 11) is 0. The number of carbonyl (C=O) groups is 2. The Hall–Kier alpha value is -2.19. The van der Waals surface area contributed by atoms with Gasteiger partial charge in [0.2, 0.25) is 22.1 Å². The first kappa shape index (κ1) is 19.1. The lowest BCUT2D eigenvalue weighted by Crippen LogP contribution is -2.40. The molecule has 1 aromatic heterocycles. The molecule has 2 aliphatic rings. The Bertz CT molecular complexity index is 902. The molecule has 148 valence electrons. The topological polar surface area (TPSA) is 78.4 Å². The van der Waals surface area contributed by atoms with Crippen molar-refractivity contribution in [3.05, 3.63) is 28.8 Å². The van der Waals surface area contributed by atoms with Gasteiger partial charge in [0.25, 0.3) is 0 Å². The van der Waals surface area contributed by atoms with Crippen molar-refractivity contribution in [1.82, 2.24) is 10.2 Å². The predicted octanol–water partition coefficient (Wildman–Crippen LogP) is 3.48. The number of piperidine rings is 1. The van der Waals surface area contributed by atoms with Gasteiger partial charge in [0.05, 0.1) is 5.92 Å². The molecule has 1 atom stereocenters. The molecule has 0 bridgehead atoms. The highest BCUT2D eigenvalue weighted by Gasteiger charge is 2.30. The Morgan fingerprint density at radius 1 is 1.25 bits per heavy atom. The third-order valence-electron chi connectivity index (χ3n) is 5.30. The van der Waals surface area contributed by atoms with E-state index in [0.717, 1.165) is 42.2 Å². The molecule has 7 nitrogen and oxygen atoms in total. The van der Waals surface area contributed by atoms with Crippen LogP contribution in [0.15, 0.2) is 18.2 Å².